The minimum Gasteiger partial charge on any atom is -0.452 e. The van der Waals surface area contributed by atoms with Crippen LogP contribution in [0.1, 0.15) is 74.1 Å². The third kappa shape index (κ3) is 10.4. The van der Waals surface area contributed by atoms with E-state index in [0.717, 1.165) is 19.3 Å². The second kappa shape index (κ2) is 12.9. The maximum absolute atomic E-state index is 12.3. The Morgan fingerprint density at radius 1 is 0.833 bits per heavy atom. The van der Waals surface area contributed by atoms with Gasteiger partial charge in [-0.15, -0.1) is 0 Å². The summed E-state index contributed by atoms with van der Waals surface area (Å²) in [4.78, 5) is 12.3. The van der Waals surface area contributed by atoms with E-state index in [1.54, 1.807) is 0 Å². The molecule has 0 N–H and O–H groups in total. The van der Waals surface area contributed by atoms with Crippen LogP contribution in [0, 0.1) is 17.8 Å². The van der Waals surface area contributed by atoms with Gasteiger partial charge in [0.1, 0.15) is 0 Å². The maximum atomic E-state index is 12.3. The van der Waals surface area contributed by atoms with Crippen LogP contribution in [0.5, 0.6) is 0 Å². The van der Waals surface area contributed by atoms with E-state index in [0.29, 0.717) is 44.0 Å². The average Bonchev–Trinajstić information content (AvgIpc) is 2.44. The van der Waals surface area contributed by atoms with Crippen molar-refractivity contribution in [1.82, 2.24) is 0 Å². The Labute approximate surface area is 149 Å². The zero-order valence-electron chi connectivity index (χ0n) is 16.7. The lowest BCUT2D eigenvalue weighted by molar-refractivity contribution is -0.145. The second-order valence-electron chi connectivity index (χ2n) is 6.94. The van der Waals surface area contributed by atoms with E-state index >= 15 is 0 Å². The molecule has 0 atom stereocenters. The van der Waals surface area contributed by atoms with Gasteiger partial charge in [-0.2, -0.15) is 0 Å². The van der Waals surface area contributed by atoms with Crippen LogP contribution in [0.25, 0.3) is 0 Å². The first-order chi connectivity index (χ1) is 11.3. The van der Waals surface area contributed by atoms with Gasteiger partial charge in [0.05, 0.1) is 0 Å². The van der Waals surface area contributed by atoms with E-state index in [4.69, 9.17) is 17.7 Å². The zero-order chi connectivity index (χ0) is 18.6. The highest BCUT2D eigenvalue weighted by Gasteiger charge is 2.49. The van der Waals surface area contributed by atoms with Gasteiger partial charge in [-0.3, -0.25) is 4.79 Å². The summed E-state index contributed by atoms with van der Waals surface area (Å²) in [7, 11) is -3.34. The van der Waals surface area contributed by atoms with Gasteiger partial charge in [0.25, 0.3) is 5.97 Å². The molecule has 0 aromatic carbocycles. The normalized spacial score (nSPS) is 12.4. The molecule has 24 heavy (non-hydrogen) atoms. The van der Waals surface area contributed by atoms with E-state index in [1.165, 1.54) is 0 Å². The van der Waals surface area contributed by atoms with Gasteiger partial charge >= 0.3 is 9.05 Å². The van der Waals surface area contributed by atoms with Gasteiger partial charge in [0.15, 0.2) is 0 Å². The van der Waals surface area contributed by atoms with Gasteiger partial charge in [0.2, 0.25) is 0 Å². The lowest BCUT2D eigenvalue weighted by atomic mass is 9.86. The molecule has 6 heteroatoms. The molecular weight excluding hydrogens is 324 g/mol. The van der Waals surface area contributed by atoms with Crippen molar-refractivity contribution in [2.75, 3.05) is 19.8 Å². The number of rotatable bonds is 14. The number of carbonyl (C=O) groups is 1. The molecule has 0 amide bonds. The highest BCUT2D eigenvalue weighted by molar-refractivity contribution is 6.55. The molecule has 0 aromatic rings. The van der Waals surface area contributed by atoms with Gasteiger partial charge in [-0.05, 0) is 57.8 Å². The van der Waals surface area contributed by atoms with Crippen molar-refractivity contribution in [2.24, 2.45) is 17.8 Å². The molecule has 0 saturated heterocycles. The first-order valence-corrected chi connectivity index (χ1v) is 11.0. The predicted octanol–water partition coefficient (Wildman–Crippen LogP) is 4.56. The summed E-state index contributed by atoms with van der Waals surface area (Å²) in [5.41, 5.74) is 0. The van der Waals surface area contributed by atoms with E-state index in [9.17, 15) is 4.79 Å². The fourth-order valence-electron chi connectivity index (χ4n) is 2.92. The van der Waals surface area contributed by atoms with Crippen LogP contribution in [0.4, 0.5) is 0 Å². The topological polar surface area (TPSA) is 54.0 Å². The van der Waals surface area contributed by atoms with E-state index in [1.807, 2.05) is 20.8 Å². The molecule has 5 nitrogen and oxygen atoms in total. The van der Waals surface area contributed by atoms with Crippen LogP contribution in [0.15, 0.2) is 0 Å². The molecular formula is C18H38O5Si. The van der Waals surface area contributed by atoms with Crippen LogP contribution in [-0.2, 0) is 22.5 Å². The third-order valence-electron chi connectivity index (χ3n) is 3.57. The summed E-state index contributed by atoms with van der Waals surface area (Å²) < 4.78 is 22.3. The Hall–Kier alpha value is -0.433. The highest BCUT2D eigenvalue weighted by Crippen LogP contribution is 2.25. The van der Waals surface area contributed by atoms with Crippen LogP contribution < -0.4 is 0 Å². The molecule has 144 valence electrons. The molecule has 0 aromatic heterocycles. The molecule has 0 aliphatic carbocycles. The van der Waals surface area contributed by atoms with Gasteiger partial charge in [-0.1, -0.05) is 27.7 Å². The molecule has 0 heterocycles. The van der Waals surface area contributed by atoms with Crippen molar-refractivity contribution in [3.05, 3.63) is 0 Å². The SMILES string of the molecule is CCO[Si](OCC)(OCC)OC(=O)CCC(CC(C)C)CC(C)C. The predicted molar refractivity (Wildman–Crippen MR) is 98.4 cm³/mol. The van der Waals surface area contributed by atoms with Crippen molar-refractivity contribution >= 4 is 15.0 Å². The Bertz CT molecular complexity index is 306. The summed E-state index contributed by atoms with van der Waals surface area (Å²) in [6.07, 6.45) is 3.49. The van der Waals surface area contributed by atoms with Crippen molar-refractivity contribution in [3.63, 3.8) is 0 Å². The van der Waals surface area contributed by atoms with Crippen molar-refractivity contribution in [2.45, 2.75) is 74.1 Å². The number of hydrogen-bond donors (Lipinski definition) is 0. The largest absolute Gasteiger partial charge is 0.751 e. The third-order valence-corrected chi connectivity index (χ3v) is 5.97. The lowest BCUT2D eigenvalue weighted by Crippen LogP contribution is -2.50. The Kier molecular flexibility index (Phi) is 12.6. The standard InChI is InChI=1S/C18H38O5Si/c1-8-20-24(21-9-2,22-10-3)23-18(19)12-11-17(13-15(4)5)14-16(6)7/h15-17H,8-14H2,1-7H3. The molecule has 0 aliphatic heterocycles. The summed E-state index contributed by atoms with van der Waals surface area (Å²) in [5.74, 6) is 1.52. The van der Waals surface area contributed by atoms with Crippen LogP contribution in [0.3, 0.4) is 0 Å². The lowest BCUT2D eigenvalue weighted by Gasteiger charge is -2.26. The van der Waals surface area contributed by atoms with Crippen molar-refractivity contribution in [1.29, 1.82) is 0 Å². The fourth-order valence-corrected chi connectivity index (χ4v) is 4.79. The molecule has 0 saturated carbocycles. The average molecular weight is 363 g/mol. The monoisotopic (exact) mass is 362 g/mol. The Morgan fingerprint density at radius 3 is 1.58 bits per heavy atom. The second-order valence-corrected chi connectivity index (χ2v) is 9.01. The van der Waals surface area contributed by atoms with E-state index in [-0.39, 0.29) is 5.97 Å². The summed E-state index contributed by atoms with van der Waals surface area (Å²) in [5, 5.41) is 0. The number of carbonyl (C=O) groups excluding carboxylic acids is 1. The molecule has 0 rings (SSSR count). The zero-order valence-corrected chi connectivity index (χ0v) is 17.7. The number of hydrogen-bond acceptors (Lipinski definition) is 5. The molecule has 0 radical (unpaired) electrons. The van der Waals surface area contributed by atoms with Crippen LogP contribution in [0.2, 0.25) is 0 Å². The van der Waals surface area contributed by atoms with Crippen LogP contribution >= 0.6 is 0 Å². The van der Waals surface area contributed by atoms with E-state index < -0.39 is 9.05 Å². The summed E-state index contributed by atoms with van der Waals surface area (Å²) >= 11 is 0. The van der Waals surface area contributed by atoms with Crippen molar-refractivity contribution < 1.29 is 22.5 Å². The van der Waals surface area contributed by atoms with Gasteiger partial charge < -0.3 is 17.7 Å². The summed E-state index contributed by atoms with van der Waals surface area (Å²) in [6.45, 7) is 15.6. The Balaban J connectivity index is 4.68. The first-order valence-electron chi connectivity index (χ1n) is 9.42. The molecule has 0 aliphatic rings. The minimum atomic E-state index is -3.34. The minimum absolute atomic E-state index is 0.283. The van der Waals surface area contributed by atoms with Gasteiger partial charge in [-0.25, -0.2) is 0 Å². The van der Waals surface area contributed by atoms with E-state index in [2.05, 4.69) is 27.7 Å². The maximum Gasteiger partial charge on any atom is 0.751 e. The molecule has 0 fully saturated rings. The molecule has 0 bridgehead atoms. The van der Waals surface area contributed by atoms with Crippen LogP contribution in [-0.4, -0.2) is 34.8 Å². The fraction of sp³-hybridized carbons (Fsp3) is 0.944. The molecule has 0 spiro atoms. The van der Waals surface area contributed by atoms with Gasteiger partial charge in [0, 0.05) is 26.2 Å². The summed E-state index contributed by atoms with van der Waals surface area (Å²) in [6, 6.07) is 0. The molecule has 0 unspecified atom stereocenters. The smallest absolute Gasteiger partial charge is 0.452 e. The Morgan fingerprint density at radius 2 is 1.25 bits per heavy atom. The highest BCUT2D eigenvalue weighted by atomic mass is 28.4. The first kappa shape index (κ1) is 23.6. The quantitative estimate of drug-likeness (QED) is 0.424. The van der Waals surface area contributed by atoms with Crippen molar-refractivity contribution in [3.8, 4) is 0 Å².